The average molecular weight is 260 g/mol. The number of benzene rings is 1. The second-order valence-corrected chi connectivity index (χ2v) is 5.40. The highest BCUT2D eigenvalue weighted by atomic mass is 16.5. The second-order valence-electron chi connectivity index (χ2n) is 5.40. The number of rotatable bonds is 2. The van der Waals surface area contributed by atoms with Crippen molar-refractivity contribution in [3.63, 3.8) is 0 Å². The van der Waals surface area contributed by atoms with Gasteiger partial charge < -0.3 is 15.4 Å². The predicted octanol–water partition coefficient (Wildman–Crippen LogP) is 1.36. The van der Waals surface area contributed by atoms with Crippen molar-refractivity contribution in [1.29, 1.82) is 0 Å². The van der Waals surface area contributed by atoms with E-state index in [1.54, 1.807) is 0 Å². The third kappa shape index (κ3) is 2.32. The number of para-hydroxylation sites is 1. The SMILES string of the molecule is NC[C@@H]1CCN(C(=O)[C@@H]2CCOc3ccccc32)C1. The van der Waals surface area contributed by atoms with Gasteiger partial charge in [0, 0.05) is 18.7 Å². The molecule has 3 rings (SSSR count). The van der Waals surface area contributed by atoms with Crippen LogP contribution in [0.25, 0.3) is 0 Å². The molecule has 19 heavy (non-hydrogen) atoms. The molecule has 0 spiro atoms. The van der Waals surface area contributed by atoms with Crippen LogP contribution in [0.15, 0.2) is 24.3 Å². The molecule has 1 fully saturated rings. The van der Waals surface area contributed by atoms with Gasteiger partial charge in [-0.1, -0.05) is 18.2 Å². The number of hydrogen-bond acceptors (Lipinski definition) is 3. The summed E-state index contributed by atoms with van der Waals surface area (Å²) in [5.74, 6) is 1.54. The minimum atomic E-state index is -0.0403. The van der Waals surface area contributed by atoms with Crippen molar-refractivity contribution in [1.82, 2.24) is 4.90 Å². The molecule has 1 saturated heterocycles. The van der Waals surface area contributed by atoms with Crippen LogP contribution in [0.3, 0.4) is 0 Å². The lowest BCUT2D eigenvalue weighted by atomic mass is 9.92. The molecule has 2 atom stereocenters. The maximum Gasteiger partial charge on any atom is 0.230 e. The molecule has 4 heteroatoms. The maximum absolute atomic E-state index is 12.7. The first-order chi connectivity index (χ1) is 9.29. The lowest BCUT2D eigenvalue weighted by Crippen LogP contribution is -2.36. The summed E-state index contributed by atoms with van der Waals surface area (Å²) in [6.07, 6.45) is 1.81. The van der Waals surface area contributed by atoms with Crippen molar-refractivity contribution < 1.29 is 9.53 Å². The molecule has 2 heterocycles. The van der Waals surface area contributed by atoms with Crippen LogP contribution in [0, 0.1) is 5.92 Å². The monoisotopic (exact) mass is 260 g/mol. The molecule has 0 bridgehead atoms. The molecule has 1 amide bonds. The van der Waals surface area contributed by atoms with Gasteiger partial charge in [-0.3, -0.25) is 4.79 Å². The molecule has 0 radical (unpaired) electrons. The number of nitrogens with zero attached hydrogens (tertiary/aromatic N) is 1. The predicted molar refractivity (Wildman–Crippen MR) is 73.0 cm³/mol. The van der Waals surface area contributed by atoms with E-state index < -0.39 is 0 Å². The molecule has 2 aliphatic heterocycles. The molecule has 0 aromatic heterocycles. The fraction of sp³-hybridized carbons (Fsp3) is 0.533. The van der Waals surface area contributed by atoms with E-state index in [9.17, 15) is 4.79 Å². The molecule has 2 aliphatic rings. The molecule has 4 nitrogen and oxygen atoms in total. The Morgan fingerprint density at radius 2 is 2.21 bits per heavy atom. The van der Waals surface area contributed by atoms with Gasteiger partial charge in [-0.2, -0.15) is 0 Å². The zero-order chi connectivity index (χ0) is 13.2. The minimum Gasteiger partial charge on any atom is -0.493 e. The van der Waals surface area contributed by atoms with Gasteiger partial charge in [-0.15, -0.1) is 0 Å². The van der Waals surface area contributed by atoms with Crippen molar-refractivity contribution in [2.75, 3.05) is 26.2 Å². The van der Waals surface area contributed by atoms with Crippen molar-refractivity contribution in [3.05, 3.63) is 29.8 Å². The first kappa shape index (κ1) is 12.5. The molecule has 1 aromatic rings. The van der Waals surface area contributed by atoms with Gasteiger partial charge in [0.05, 0.1) is 12.5 Å². The fourth-order valence-electron chi connectivity index (χ4n) is 3.04. The number of likely N-dealkylation sites (tertiary alicyclic amines) is 1. The Labute approximate surface area is 113 Å². The van der Waals surface area contributed by atoms with Crippen molar-refractivity contribution in [2.45, 2.75) is 18.8 Å². The van der Waals surface area contributed by atoms with Crippen LogP contribution in [-0.2, 0) is 4.79 Å². The van der Waals surface area contributed by atoms with Gasteiger partial charge in [0.2, 0.25) is 5.91 Å². The normalized spacial score (nSPS) is 25.8. The third-order valence-electron chi connectivity index (χ3n) is 4.19. The highest BCUT2D eigenvalue weighted by molar-refractivity contribution is 5.85. The number of hydrogen-bond donors (Lipinski definition) is 1. The lowest BCUT2D eigenvalue weighted by molar-refractivity contribution is -0.132. The van der Waals surface area contributed by atoms with Crippen LogP contribution in [0.4, 0.5) is 0 Å². The third-order valence-corrected chi connectivity index (χ3v) is 4.19. The molecule has 0 unspecified atom stereocenters. The molecular formula is C15H20N2O2. The Morgan fingerprint density at radius 3 is 3.00 bits per heavy atom. The smallest absolute Gasteiger partial charge is 0.230 e. The van der Waals surface area contributed by atoms with Gasteiger partial charge in [0.1, 0.15) is 5.75 Å². The minimum absolute atomic E-state index is 0.0403. The Morgan fingerprint density at radius 1 is 1.37 bits per heavy atom. The van der Waals surface area contributed by atoms with Crippen LogP contribution in [-0.4, -0.2) is 37.0 Å². The Kier molecular flexibility index (Phi) is 3.42. The van der Waals surface area contributed by atoms with Crippen LogP contribution in [0.2, 0.25) is 0 Å². The number of fused-ring (bicyclic) bond motifs is 1. The topological polar surface area (TPSA) is 55.6 Å². The largest absolute Gasteiger partial charge is 0.493 e. The van der Waals surface area contributed by atoms with E-state index >= 15 is 0 Å². The van der Waals surface area contributed by atoms with Crippen LogP contribution in [0.1, 0.15) is 24.3 Å². The van der Waals surface area contributed by atoms with E-state index in [4.69, 9.17) is 10.5 Å². The molecular weight excluding hydrogens is 240 g/mol. The summed E-state index contributed by atoms with van der Waals surface area (Å²) in [6.45, 7) is 2.96. The molecule has 0 aliphatic carbocycles. The molecule has 0 saturated carbocycles. The summed E-state index contributed by atoms with van der Waals surface area (Å²) in [7, 11) is 0. The zero-order valence-corrected chi connectivity index (χ0v) is 11.0. The zero-order valence-electron chi connectivity index (χ0n) is 11.0. The fourth-order valence-corrected chi connectivity index (χ4v) is 3.04. The summed E-state index contributed by atoms with van der Waals surface area (Å²) >= 11 is 0. The Bertz CT molecular complexity index is 475. The first-order valence-electron chi connectivity index (χ1n) is 7.00. The Balaban J connectivity index is 1.78. The van der Waals surface area contributed by atoms with Crippen molar-refractivity contribution in [3.8, 4) is 5.75 Å². The van der Waals surface area contributed by atoms with Gasteiger partial charge in [-0.25, -0.2) is 0 Å². The quantitative estimate of drug-likeness (QED) is 0.873. The number of nitrogens with two attached hydrogens (primary N) is 1. The summed E-state index contributed by atoms with van der Waals surface area (Å²) in [4.78, 5) is 14.6. The van der Waals surface area contributed by atoms with E-state index in [0.29, 0.717) is 19.1 Å². The van der Waals surface area contributed by atoms with Gasteiger partial charge in [0.15, 0.2) is 0 Å². The number of carbonyl (C=O) groups is 1. The highest BCUT2D eigenvalue weighted by Gasteiger charge is 2.34. The highest BCUT2D eigenvalue weighted by Crippen LogP contribution is 2.35. The summed E-state index contributed by atoms with van der Waals surface area (Å²) in [6, 6.07) is 7.88. The number of ether oxygens (including phenoxy) is 1. The average Bonchev–Trinajstić information content (AvgIpc) is 2.95. The number of carbonyl (C=O) groups excluding carboxylic acids is 1. The van der Waals surface area contributed by atoms with E-state index in [0.717, 1.165) is 37.2 Å². The van der Waals surface area contributed by atoms with Crippen molar-refractivity contribution in [2.24, 2.45) is 11.7 Å². The van der Waals surface area contributed by atoms with Crippen LogP contribution >= 0.6 is 0 Å². The summed E-state index contributed by atoms with van der Waals surface area (Å²) in [5, 5.41) is 0. The molecule has 2 N–H and O–H groups in total. The summed E-state index contributed by atoms with van der Waals surface area (Å²) < 4.78 is 5.62. The van der Waals surface area contributed by atoms with Crippen LogP contribution in [0.5, 0.6) is 5.75 Å². The van der Waals surface area contributed by atoms with Crippen molar-refractivity contribution >= 4 is 5.91 Å². The van der Waals surface area contributed by atoms with E-state index in [1.165, 1.54) is 0 Å². The van der Waals surface area contributed by atoms with E-state index in [2.05, 4.69) is 0 Å². The molecule has 1 aromatic carbocycles. The van der Waals surface area contributed by atoms with Crippen LogP contribution < -0.4 is 10.5 Å². The lowest BCUT2D eigenvalue weighted by Gasteiger charge is -2.28. The van der Waals surface area contributed by atoms with E-state index in [-0.39, 0.29) is 11.8 Å². The molecule has 102 valence electrons. The van der Waals surface area contributed by atoms with Gasteiger partial charge in [0.25, 0.3) is 0 Å². The number of amides is 1. The van der Waals surface area contributed by atoms with Gasteiger partial charge >= 0.3 is 0 Å². The first-order valence-corrected chi connectivity index (χ1v) is 7.00. The van der Waals surface area contributed by atoms with Gasteiger partial charge in [-0.05, 0) is 31.4 Å². The Hall–Kier alpha value is -1.55. The standard InChI is InChI=1S/C15H20N2O2/c16-9-11-5-7-17(10-11)15(18)13-6-8-19-14-4-2-1-3-12(13)14/h1-4,11,13H,5-10,16H2/t11-,13+/m0/s1. The summed E-state index contributed by atoms with van der Waals surface area (Å²) in [5.41, 5.74) is 6.73. The maximum atomic E-state index is 12.7. The van der Waals surface area contributed by atoms with E-state index in [1.807, 2.05) is 29.2 Å². The second kappa shape index (κ2) is 5.21.